The van der Waals surface area contributed by atoms with Crippen LogP contribution < -0.4 is 9.47 Å². The van der Waals surface area contributed by atoms with E-state index in [0.717, 1.165) is 0 Å². The lowest BCUT2D eigenvalue weighted by atomic mass is 9.87. The Hall–Kier alpha value is -3.78. The Morgan fingerprint density at radius 2 is 1.48 bits per heavy atom. The monoisotopic (exact) mass is 462 g/mol. The molecule has 8 heteroatoms. The second-order valence-electron chi connectivity index (χ2n) is 7.23. The van der Waals surface area contributed by atoms with Crippen LogP contribution in [0.3, 0.4) is 0 Å². The molecule has 1 aliphatic carbocycles. The molecular formula is C25H22N2O5S. The van der Waals surface area contributed by atoms with E-state index >= 15 is 0 Å². The van der Waals surface area contributed by atoms with Crippen molar-refractivity contribution in [3.05, 3.63) is 83.9 Å². The Morgan fingerprint density at radius 3 is 2.12 bits per heavy atom. The van der Waals surface area contributed by atoms with Gasteiger partial charge in [0.25, 0.3) is 10.0 Å². The summed E-state index contributed by atoms with van der Waals surface area (Å²) in [4.78, 5) is 17.6. The normalized spacial score (nSPS) is 16.0. The fourth-order valence-corrected chi connectivity index (χ4v) is 4.52. The van der Waals surface area contributed by atoms with Gasteiger partial charge in [-0.25, -0.2) is 4.99 Å². The first-order valence-corrected chi connectivity index (χ1v) is 11.8. The van der Waals surface area contributed by atoms with Gasteiger partial charge in [0, 0.05) is 17.5 Å². The highest BCUT2D eigenvalue weighted by Crippen LogP contribution is 2.26. The number of sulfonamides is 1. The van der Waals surface area contributed by atoms with E-state index in [1.54, 1.807) is 60.7 Å². The maximum Gasteiger partial charge on any atom is 0.282 e. The van der Waals surface area contributed by atoms with Crippen molar-refractivity contribution in [3.63, 3.8) is 0 Å². The van der Waals surface area contributed by atoms with Crippen LogP contribution in [0.2, 0.25) is 0 Å². The molecule has 0 unspecified atom stereocenters. The number of aliphatic imine (C=N–C) groups is 1. The molecule has 4 rings (SSSR count). The number of carbonyl (C=O) groups excluding carboxylic acids is 1. The summed E-state index contributed by atoms with van der Waals surface area (Å²) in [6, 6.07) is 19.9. The van der Waals surface area contributed by atoms with Crippen LogP contribution >= 0.6 is 0 Å². The van der Waals surface area contributed by atoms with Gasteiger partial charge in [-0.3, -0.25) is 4.79 Å². The van der Waals surface area contributed by atoms with Crippen LogP contribution in [0.1, 0.15) is 29.3 Å². The number of benzene rings is 3. The third-order valence-corrected chi connectivity index (χ3v) is 6.41. The number of hydrogen-bond donors (Lipinski definition) is 0. The smallest absolute Gasteiger partial charge is 0.282 e. The van der Waals surface area contributed by atoms with Crippen molar-refractivity contribution in [2.24, 2.45) is 9.39 Å². The molecule has 1 aliphatic rings. The predicted molar refractivity (Wildman–Crippen MR) is 127 cm³/mol. The molecule has 0 heterocycles. The molecule has 0 N–H and O–H groups in total. The van der Waals surface area contributed by atoms with Crippen molar-refractivity contribution in [1.82, 2.24) is 0 Å². The van der Waals surface area contributed by atoms with E-state index in [-0.39, 0.29) is 28.5 Å². The molecule has 0 saturated heterocycles. The number of methoxy groups -OCH3 is 1. The Kier molecular flexibility index (Phi) is 6.37. The molecule has 3 aromatic rings. The van der Waals surface area contributed by atoms with Crippen molar-refractivity contribution in [1.29, 1.82) is 0 Å². The highest BCUT2D eigenvalue weighted by Gasteiger charge is 2.29. The number of fused-ring (bicyclic) bond motifs is 1. The van der Waals surface area contributed by atoms with Gasteiger partial charge >= 0.3 is 0 Å². The van der Waals surface area contributed by atoms with Crippen molar-refractivity contribution in [3.8, 4) is 11.5 Å². The lowest BCUT2D eigenvalue weighted by Crippen LogP contribution is -2.28. The molecule has 3 aromatic carbocycles. The minimum atomic E-state index is -4.00. The first kappa shape index (κ1) is 22.4. The summed E-state index contributed by atoms with van der Waals surface area (Å²) in [7, 11) is -2.50. The number of Topliss-reactive ketones (excluding diaryl/α,β-unsaturated/α-hetero) is 1. The van der Waals surface area contributed by atoms with Gasteiger partial charge in [-0.2, -0.15) is 12.8 Å². The molecular weight excluding hydrogens is 440 g/mol. The lowest BCUT2D eigenvalue weighted by molar-refractivity contribution is 0.106. The van der Waals surface area contributed by atoms with Gasteiger partial charge in [-0.15, -0.1) is 0 Å². The second kappa shape index (κ2) is 9.38. The van der Waals surface area contributed by atoms with Crippen LogP contribution in [0, 0.1) is 0 Å². The van der Waals surface area contributed by atoms with Crippen molar-refractivity contribution < 1.29 is 22.7 Å². The van der Waals surface area contributed by atoms with Gasteiger partial charge in [0.1, 0.15) is 11.5 Å². The molecule has 0 bridgehead atoms. The van der Waals surface area contributed by atoms with E-state index in [9.17, 15) is 13.2 Å². The zero-order valence-corrected chi connectivity index (χ0v) is 19.0. The zero-order valence-electron chi connectivity index (χ0n) is 18.2. The molecule has 0 saturated carbocycles. The standard InChI is InChI=1S/C25H22N2O5S/c1-3-32-19-10-8-17(9-11-19)26-24-16-23(21-6-4-5-7-22(21)25(24)28)27-33(29,30)20-14-12-18(31-2)13-15-20/h4-15H,3,16H2,1-2H3. The Balaban J connectivity index is 1.74. The van der Waals surface area contributed by atoms with Crippen molar-refractivity contribution in [2.45, 2.75) is 18.2 Å². The van der Waals surface area contributed by atoms with Gasteiger partial charge in [0.2, 0.25) is 5.78 Å². The fourth-order valence-electron chi connectivity index (χ4n) is 3.48. The van der Waals surface area contributed by atoms with Crippen LogP contribution in [-0.4, -0.2) is 39.3 Å². The summed E-state index contributed by atoms with van der Waals surface area (Å²) in [5.74, 6) is 0.995. The summed E-state index contributed by atoms with van der Waals surface area (Å²) in [6.07, 6.45) is -0.00154. The van der Waals surface area contributed by atoms with Crippen LogP contribution in [0.5, 0.6) is 11.5 Å². The highest BCUT2D eigenvalue weighted by molar-refractivity contribution is 7.90. The van der Waals surface area contributed by atoms with E-state index in [1.807, 2.05) is 6.92 Å². The van der Waals surface area contributed by atoms with Crippen LogP contribution in [0.25, 0.3) is 0 Å². The predicted octanol–water partition coefficient (Wildman–Crippen LogP) is 4.63. The SMILES string of the molecule is CCOc1ccc(N=C2CC(=NS(=O)(=O)c3ccc(OC)cc3)c3ccccc3C2=O)cc1. The largest absolute Gasteiger partial charge is 0.497 e. The van der Waals surface area contributed by atoms with Crippen molar-refractivity contribution >= 4 is 32.9 Å². The summed E-state index contributed by atoms with van der Waals surface area (Å²) < 4.78 is 40.6. The average molecular weight is 463 g/mol. The van der Waals surface area contributed by atoms with E-state index in [0.29, 0.717) is 34.9 Å². The second-order valence-corrected chi connectivity index (χ2v) is 8.83. The minimum absolute atomic E-state index is 0.00154. The Morgan fingerprint density at radius 1 is 0.848 bits per heavy atom. The summed E-state index contributed by atoms with van der Waals surface area (Å²) >= 11 is 0. The molecule has 0 spiro atoms. The number of hydrogen-bond acceptors (Lipinski definition) is 6. The van der Waals surface area contributed by atoms with E-state index in [4.69, 9.17) is 9.47 Å². The molecule has 7 nitrogen and oxygen atoms in total. The summed E-state index contributed by atoms with van der Waals surface area (Å²) in [5, 5.41) is 0. The molecule has 0 radical (unpaired) electrons. The van der Waals surface area contributed by atoms with E-state index < -0.39 is 10.0 Å². The number of carbonyl (C=O) groups is 1. The number of ketones is 1. The van der Waals surface area contributed by atoms with E-state index in [1.165, 1.54) is 19.2 Å². The van der Waals surface area contributed by atoms with Gasteiger partial charge in [0.15, 0.2) is 0 Å². The molecule has 0 atom stereocenters. The molecule has 0 aromatic heterocycles. The summed E-state index contributed by atoms with van der Waals surface area (Å²) in [5.41, 5.74) is 1.92. The molecule has 168 valence electrons. The number of rotatable bonds is 6. The first-order valence-electron chi connectivity index (χ1n) is 10.3. The Bertz CT molecular complexity index is 1340. The topological polar surface area (TPSA) is 94.4 Å². The third kappa shape index (κ3) is 4.85. The molecule has 0 aliphatic heterocycles. The van der Waals surface area contributed by atoms with Crippen LogP contribution in [0.15, 0.2) is 87.1 Å². The number of nitrogens with zero attached hydrogens (tertiary/aromatic N) is 2. The minimum Gasteiger partial charge on any atom is -0.497 e. The molecule has 0 amide bonds. The Labute approximate surface area is 192 Å². The van der Waals surface area contributed by atoms with Crippen molar-refractivity contribution in [2.75, 3.05) is 13.7 Å². The summed E-state index contributed by atoms with van der Waals surface area (Å²) in [6.45, 7) is 2.44. The third-order valence-electron chi connectivity index (χ3n) is 5.08. The van der Waals surface area contributed by atoms with E-state index in [2.05, 4.69) is 9.39 Å². The number of ether oxygens (including phenoxy) is 2. The molecule has 33 heavy (non-hydrogen) atoms. The quantitative estimate of drug-likeness (QED) is 0.532. The van der Waals surface area contributed by atoms with Crippen LogP contribution in [0.4, 0.5) is 5.69 Å². The maximum atomic E-state index is 13.1. The van der Waals surface area contributed by atoms with Gasteiger partial charge in [-0.1, -0.05) is 24.3 Å². The fraction of sp³-hybridized carbons (Fsp3) is 0.160. The van der Waals surface area contributed by atoms with Gasteiger partial charge in [0.05, 0.1) is 35.7 Å². The van der Waals surface area contributed by atoms with Crippen LogP contribution in [-0.2, 0) is 10.0 Å². The zero-order chi connectivity index (χ0) is 23.4. The maximum absolute atomic E-state index is 13.1. The first-order chi connectivity index (χ1) is 15.9. The molecule has 0 fully saturated rings. The van der Waals surface area contributed by atoms with Gasteiger partial charge < -0.3 is 9.47 Å². The highest BCUT2D eigenvalue weighted by atomic mass is 32.2. The average Bonchev–Trinajstić information content (AvgIpc) is 2.83. The van der Waals surface area contributed by atoms with Gasteiger partial charge in [-0.05, 0) is 55.5 Å². The lowest BCUT2D eigenvalue weighted by Gasteiger charge is -2.18.